The highest BCUT2D eigenvalue weighted by Gasteiger charge is 2.42. The second-order valence-corrected chi connectivity index (χ2v) is 16.8. The number of esters is 2. The van der Waals surface area contributed by atoms with Gasteiger partial charge in [-0.25, -0.2) is 4.79 Å². The van der Waals surface area contributed by atoms with Gasteiger partial charge in [-0.05, 0) is 66.6 Å². The van der Waals surface area contributed by atoms with Crippen LogP contribution in [0.4, 0.5) is 0 Å². The minimum absolute atomic E-state index is 0.0226. The van der Waals surface area contributed by atoms with Crippen LogP contribution in [0, 0.1) is 5.41 Å². The molecule has 0 spiro atoms. The van der Waals surface area contributed by atoms with Gasteiger partial charge in [-0.3, -0.25) is 9.59 Å². The van der Waals surface area contributed by atoms with Crippen LogP contribution in [-0.2, 0) is 14.3 Å². The molecule has 198 valence electrons. The Morgan fingerprint density at radius 3 is 1.83 bits per heavy atom. The molecule has 0 radical (unpaired) electrons. The first-order valence-corrected chi connectivity index (χ1v) is 14.5. The lowest BCUT2D eigenvalue weighted by Crippen LogP contribution is -2.44. The van der Waals surface area contributed by atoms with Crippen LogP contribution in [0.2, 0.25) is 18.1 Å². The summed E-state index contributed by atoms with van der Waals surface area (Å²) in [7, 11) is -1.02. The molecule has 0 aliphatic rings. The molecule has 0 aliphatic heterocycles. The summed E-state index contributed by atoms with van der Waals surface area (Å²) >= 11 is 0. The monoisotopic (exact) mass is 510 g/mol. The molecule has 0 atom stereocenters. The minimum atomic E-state index is -2.46. The van der Waals surface area contributed by atoms with Gasteiger partial charge in [0.1, 0.15) is 16.9 Å². The smallest absolute Gasteiger partial charge is 0.343 e. The van der Waals surface area contributed by atoms with Crippen molar-refractivity contribution in [1.82, 2.24) is 0 Å². The molecule has 1 aromatic carbocycles. The van der Waals surface area contributed by atoms with Crippen molar-refractivity contribution in [2.45, 2.75) is 93.0 Å². The summed E-state index contributed by atoms with van der Waals surface area (Å²) in [4.78, 5) is 39.3. The molecular weight excluding hydrogens is 468 g/mol. The molecule has 0 amide bonds. The number of carbonyl (C=O) groups excluding carboxylic acids is 3. The first kappa shape index (κ1) is 30.6. The molecule has 1 aromatic rings. The standard InChI is InChI=1S/C26H42O8Si/c1-16(27)19-17(34-35(12,13)26(8,9)10)14-18(31-15-30-11)21(32-23(29)24(2,3)4)20(19)22(28)33-25(5,6)7/h14H,15H2,1-13H3. The normalized spacial score (nSPS) is 12.7. The van der Waals surface area contributed by atoms with Crippen molar-refractivity contribution in [2.24, 2.45) is 5.41 Å². The van der Waals surface area contributed by atoms with E-state index in [0.717, 1.165) is 0 Å². The molecule has 0 unspecified atom stereocenters. The Bertz CT molecular complexity index is 960. The maximum absolute atomic E-state index is 13.5. The van der Waals surface area contributed by atoms with Crippen molar-refractivity contribution in [2.75, 3.05) is 13.9 Å². The van der Waals surface area contributed by atoms with Crippen molar-refractivity contribution in [3.63, 3.8) is 0 Å². The number of rotatable bonds is 8. The van der Waals surface area contributed by atoms with Gasteiger partial charge in [0.15, 0.2) is 24.1 Å². The number of hydrogen-bond donors (Lipinski definition) is 0. The highest BCUT2D eigenvalue weighted by molar-refractivity contribution is 6.74. The summed E-state index contributed by atoms with van der Waals surface area (Å²) < 4.78 is 28.6. The van der Waals surface area contributed by atoms with Crippen LogP contribution in [0.25, 0.3) is 0 Å². The van der Waals surface area contributed by atoms with Crippen molar-refractivity contribution in [3.8, 4) is 17.2 Å². The topological polar surface area (TPSA) is 97.4 Å². The zero-order valence-corrected chi connectivity index (χ0v) is 24.6. The molecule has 8 nitrogen and oxygen atoms in total. The van der Waals surface area contributed by atoms with Crippen LogP contribution in [0.3, 0.4) is 0 Å². The van der Waals surface area contributed by atoms with Crippen LogP contribution < -0.4 is 13.9 Å². The molecular formula is C26H42O8Si. The van der Waals surface area contributed by atoms with E-state index in [1.165, 1.54) is 20.1 Å². The van der Waals surface area contributed by atoms with Gasteiger partial charge in [0.2, 0.25) is 0 Å². The Morgan fingerprint density at radius 2 is 1.43 bits per heavy atom. The molecule has 0 aromatic heterocycles. The van der Waals surface area contributed by atoms with E-state index >= 15 is 0 Å². The summed E-state index contributed by atoms with van der Waals surface area (Å²) in [6, 6.07) is 1.48. The van der Waals surface area contributed by atoms with E-state index in [2.05, 4.69) is 20.8 Å². The van der Waals surface area contributed by atoms with Gasteiger partial charge >= 0.3 is 11.9 Å². The number of ether oxygens (including phenoxy) is 4. The molecule has 35 heavy (non-hydrogen) atoms. The zero-order chi connectivity index (χ0) is 27.6. The average molecular weight is 511 g/mol. The van der Waals surface area contributed by atoms with Gasteiger partial charge in [0, 0.05) is 13.2 Å². The third-order valence-corrected chi connectivity index (χ3v) is 9.82. The fourth-order valence-electron chi connectivity index (χ4n) is 2.58. The van der Waals surface area contributed by atoms with Gasteiger partial charge < -0.3 is 23.4 Å². The number of methoxy groups -OCH3 is 1. The first-order valence-electron chi connectivity index (χ1n) is 11.6. The predicted molar refractivity (Wildman–Crippen MR) is 137 cm³/mol. The lowest BCUT2D eigenvalue weighted by Gasteiger charge is -2.37. The molecule has 1 rings (SSSR count). The lowest BCUT2D eigenvalue weighted by molar-refractivity contribution is -0.143. The number of benzene rings is 1. The Hall–Kier alpha value is -2.39. The second-order valence-electron chi connectivity index (χ2n) is 12.1. The minimum Gasteiger partial charge on any atom is -0.543 e. The molecule has 0 heterocycles. The molecule has 0 fully saturated rings. The average Bonchev–Trinajstić information content (AvgIpc) is 2.63. The van der Waals surface area contributed by atoms with E-state index in [4.69, 9.17) is 23.4 Å². The van der Waals surface area contributed by atoms with Crippen molar-refractivity contribution in [1.29, 1.82) is 0 Å². The van der Waals surface area contributed by atoms with Gasteiger partial charge in [-0.15, -0.1) is 0 Å². The third-order valence-electron chi connectivity index (χ3n) is 5.48. The summed E-state index contributed by atoms with van der Waals surface area (Å²) in [6.07, 6.45) is 0. The van der Waals surface area contributed by atoms with Crippen LogP contribution in [0.5, 0.6) is 17.2 Å². The number of hydrogen-bond acceptors (Lipinski definition) is 8. The quantitative estimate of drug-likeness (QED) is 0.135. The fourth-order valence-corrected chi connectivity index (χ4v) is 3.59. The summed E-state index contributed by atoms with van der Waals surface area (Å²) in [6.45, 7) is 21.5. The van der Waals surface area contributed by atoms with Crippen LogP contribution in [0.15, 0.2) is 6.07 Å². The molecule has 0 N–H and O–H groups in total. The molecule has 0 bridgehead atoms. The van der Waals surface area contributed by atoms with E-state index in [1.807, 2.05) is 13.1 Å². The van der Waals surface area contributed by atoms with Crippen molar-refractivity contribution in [3.05, 3.63) is 17.2 Å². The molecule has 0 saturated heterocycles. The Kier molecular flexibility index (Phi) is 9.37. The molecule has 0 saturated carbocycles. The van der Waals surface area contributed by atoms with Crippen molar-refractivity contribution >= 4 is 26.0 Å². The van der Waals surface area contributed by atoms with E-state index < -0.39 is 37.1 Å². The fraction of sp³-hybridized carbons (Fsp3) is 0.654. The van der Waals surface area contributed by atoms with Gasteiger partial charge in [0.25, 0.3) is 8.32 Å². The first-order chi connectivity index (χ1) is 15.6. The second kappa shape index (κ2) is 10.7. The number of Topliss-reactive ketones (excluding diaryl/α,β-unsaturated/α-hetero) is 1. The zero-order valence-electron chi connectivity index (χ0n) is 23.6. The number of carbonyl (C=O) groups is 3. The van der Waals surface area contributed by atoms with Crippen LogP contribution >= 0.6 is 0 Å². The van der Waals surface area contributed by atoms with Gasteiger partial charge in [0.05, 0.1) is 11.0 Å². The molecule has 0 aliphatic carbocycles. The highest BCUT2D eigenvalue weighted by Crippen LogP contribution is 2.45. The SMILES string of the molecule is COCOc1cc(O[Si](C)(C)C(C)(C)C)c(C(C)=O)c(C(=O)OC(C)(C)C)c1OC(=O)C(C)(C)C. The summed E-state index contributed by atoms with van der Waals surface area (Å²) in [5.41, 5.74) is -2.01. The molecule has 9 heteroatoms. The van der Waals surface area contributed by atoms with Crippen LogP contribution in [0.1, 0.15) is 90.0 Å². The summed E-state index contributed by atoms with van der Waals surface area (Å²) in [5, 5.41) is -0.196. The van der Waals surface area contributed by atoms with E-state index in [0.29, 0.717) is 0 Å². The van der Waals surface area contributed by atoms with Crippen LogP contribution in [-0.4, -0.2) is 45.5 Å². The Labute approximate surface area is 210 Å². The van der Waals surface area contributed by atoms with E-state index in [-0.39, 0.29) is 40.2 Å². The lowest BCUT2D eigenvalue weighted by atomic mass is 9.96. The maximum Gasteiger partial charge on any atom is 0.343 e. The maximum atomic E-state index is 13.5. The van der Waals surface area contributed by atoms with Crippen molar-refractivity contribution < 1.29 is 37.8 Å². The Morgan fingerprint density at radius 1 is 0.886 bits per heavy atom. The third kappa shape index (κ3) is 8.07. The van der Waals surface area contributed by atoms with E-state index in [9.17, 15) is 14.4 Å². The number of ketones is 1. The van der Waals surface area contributed by atoms with Gasteiger partial charge in [-0.2, -0.15) is 0 Å². The summed E-state index contributed by atoms with van der Waals surface area (Å²) in [5.74, 6) is -1.88. The predicted octanol–water partition coefficient (Wildman–Crippen LogP) is 6.16. The Balaban J connectivity index is 4.07. The largest absolute Gasteiger partial charge is 0.543 e. The van der Waals surface area contributed by atoms with Gasteiger partial charge in [-0.1, -0.05) is 20.8 Å². The highest BCUT2D eigenvalue weighted by atomic mass is 28.4. The van der Waals surface area contributed by atoms with E-state index in [1.54, 1.807) is 41.5 Å².